The molecule has 1 aliphatic heterocycles. The summed E-state index contributed by atoms with van der Waals surface area (Å²) >= 11 is 1.63. The van der Waals surface area contributed by atoms with Gasteiger partial charge in [0.15, 0.2) is 0 Å². The summed E-state index contributed by atoms with van der Waals surface area (Å²) in [4.78, 5) is 21.0. The predicted molar refractivity (Wildman–Crippen MR) is 93.8 cm³/mol. The smallest absolute Gasteiger partial charge is 0.226 e. The molecule has 0 unspecified atom stereocenters. The minimum atomic E-state index is -0.313. The van der Waals surface area contributed by atoms with Gasteiger partial charge in [-0.15, -0.1) is 11.3 Å². The first kappa shape index (κ1) is 15.2. The Morgan fingerprint density at radius 3 is 2.92 bits per heavy atom. The molecular formula is C17H17N5OS. The van der Waals surface area contributed by atoms with Crippen molar-refractivity contribution in [2.75, 3.05) is 18.0 Å². The molecule has 3 aromatic rings. The molecule has 7 heteroatoms. The Balaban J connectivity index is 1.78. The lowest BCUT2D eigenvalue weighted by Crippen LogP contribution is -2.39. The summed E-state index contributed by atoms with van der Waals surface area (Å²) in [6.45, 7) is 1.44. The van der Waals surface area contributed by atoms with Crippen LogP contribution in [0, 0.1) is 0 Å². The molecule has 24 heavy (non-hydrogen) atoms. The van der Waals surface area contributed by atoms with E-state index in [0.717, 1.165) is 41.2 Å². The minimum absolute atomic E-state index is 0.313. The Bertz CT molecular complexity index is 809. The fraction of sp³-hybridized carbons (Fsp3) is 0.294. The van der Waals surface area contributed by atoms with Crippen LogP contribution in [-0.2, 0) is 0 Å². The normalized spacial score (nSPS) is 17.9. The first-order chi connectivity index (χ1) is 11.8. The highest BCUT2D eigenvalue weighted by Gasteiger charge is 2.22. The second kappa shape index (κ2) is 6.62. The van der Waals surface area contributed by atoms with Crippen molar-refractivity contribution < 1.29 is 5.11 Å². The van der Waals surface area contributed by atoms with E-state index in [9.17, 15) is 5.11 Å². The Kier molecular flexibility index (Phi) is 4.18. The van der Waals surface area contributed by atoms with Crippen molar-refractivity contribution in [2.45, 2.75) is 18.9 Å². The first-order valence-electron chi connectivity index (χ1n) is 7.91. The van der Waals surface area contributed by atoms with E-state index < -0.39 is 0 Å². The van der Waals surface area contributed by atoms with Crippen LogP contribution in [0.5, 0.6) is 0 Å². The molecule has 0 aliphatic carbocycles. The number of nitrogens with zero attached hydrogens (tertiary/aromatic N) is 5. The number of hydrogen-bond donors (Lipinski definition) is 1. The number of rotatable bonds is 3. The molecule has 1 fully saturated rings. The van der Waals surface area contributed by atoms with E-state index in [2.05, 4.69) is 15.0 Å². The predicted octanol–water partition coefficient (Wildman–Crippen LogP) is 2.62. The third kappa shape index (κ3) is 3.00. The molecule has 0 saturated carbocycles. The number of piperidine rings is 1. The Labute approximate surface area is 143 Å². The van der Waals surface area contributed by atoms with Gasteiger partial charge < -0.3 is 10.0 Å². The summed E-state index contributed by atoms with van der Waals surface area (Å²) in [5.74, 6) is 0.657. The zero-order chi connectivity index (χ0) is 16.4. The lowest BCUT2D eigenvalue weighted by atomic mass is 10.1. The third-order valence-electron chi connectivity index (χ3n) is 4.05. The molecule has 4 rings (SSSR count). The summed E-state index contributed by atoms with van der Waals surface area (Å²) in [5, 5.41) is 11.9. The van der Waals surface area contributed by atoms with Crippen molar-refractivity contribution in [1.29, 1.82) is 0 Å². The lowest BCUT2D eigenvalue weighted by Gasteiger charge is -2.30. The average molecular weight is 339 g/mol. The topological polar surface area (TPSA) is 75.0 Å². The first-order valence-corrected chi connectivity index (χ1v) is 8.79. The molecule has 1 aliphatic rings. The van der Waals surface area contributed by atoms with Crippen molar-refractivity contribution in [3.8, 4) is 21.8 Å². The summed E-state index contributed by atoms with van der Waals surface area (Å²) < 4.78 is 0. The van der Waals surface area contributed by atoms with Gasteiger partial charge in [0.25, 0.3) is 0 Å². The van der Waals surface area contributed by atoms with E-state index >= 15 is 0 Å². The van der Waals surface area contributed by atoms with Gasteiger partial charge in [-0.25, -0.2) is 9.97 Å². The quantitative estimate of drug-likeness (QED) is 0.791. The molecule has 4 heterocycles. The molecule has 1 saturated heterocycles. The van der Waals surface area contributed by atoms with Crippen LogP contribution in [0.15, 0.2) is 42.3 Å². The van der Waals surface area contributed by atoms with E-state index in [1.165, 1.54) is 0 Å². The van der Waals surface area contributed by atoms with Crippen molar-refractivity contribution in [3.05, 3.63) is 42.3 Å². The number of aromatic nitrogens is 4. The van der Waals surface area contributed by atoms with E-state index in [0.29, 0.717) is 12.5 Å². The maximum Gasteiger partial charge on any atom is 0.226 e. The number of thiophene rings is 1. The number of aliphatic hydroxyl groups is 1. The van der Waals surface area contributed by atoms with Crippen molar-refractivity contribution in [2.24, 2.45) is 0 Å². The summed E-state index contributed by atoms with van der Waals surface area (Å²) in [5.41, 5.74) is 2.48. The maximum atomic E-state index is 9.91. The summed E-state index contributed by atoms with van der Waals surface area (Å²) in [7, 11) is 0. The van der Waals surface area contributed by atoms with Gasteiger partial charge in [-0.3, -0.25) is 9.97 Å². The van der Waals surface area contributed by atoms with Crippen molar-refractivity contribution >= 4 is 17.3 Å². The molecule has 0 amide bonds. The molecule has 1 N–H and O–H groups in total. The Morgan fingerprint density at radius 2 is 2.17 bits per heavy atom. The highest BCUT2D eigenvalue weighted by Crippen LogP contribution is 2.33. The van der Waals surface area contributed by atoms with Crippen LogP contribution >= 0.6 is 11.3 Å². The van der Waals surface area contributed by atoms with E-state index in [4.69, 9.17) is 4.98 Å². The molecule has 0 spiro atoms. The van der Waals surface area contributed by atoms with Crippen LogP contribution in [0.2, 0.25) is 0 Å². The van der Waals surface area contributed by atoms with Crippen LogP contribution in [-0.4, -0.2) is 44.2 Å². The minimum Gasteiger partial charge on any atom is -0.391 e. The largest absolute Gasteiger partial charge is 0.391 e. The molecule has 122 valence electrons. The molecule has 3 aromatic heterocycles. The standard InChI is InChI=1S/C17H17N5OS/c23-12-3-1-7-22(11-12)17-20-9-13(14-10-18-5-6-19-14)16(21-17)15-4-2-8-24-15/h2,4-6,8-10,12,23H,1,3,7,11H2/t12-/m0/s1. The molecule has 1 atom stereocenters. The maximum absolute atomic E-state index is 9.91. The van der Waals surface area contributed by atoms with Gasteiger partial charge in [0.2, 0.25) is 5.95 Å². The van der Waals surface area contributed by atoms with Gasteiger partial charge in [-0.05, 0) is 24.3 Å². The second-order valence-electron chi connectivity index (χ2n) is 5.74. The van der Waals surface area contributed by atoms with E-state index in [-0.39, 0.29) is 6.10 Å². The van der Waals surface area contributed by atoms with Gasteiger partial charge in [0.1, 0.15) is 0 Å². The Hall–Kier alpha value is -2.38. The van der Waals surface area contributed by atoms with E-state index in [1.54, 1.807) is 29.9 Å². The molecular weight excluding hydrogens is 322 g/mol. The molecule has 6 nitrogen and oxygen atoms in total. The second-order valence-corrected chi connectivity index (χ2v) is 6.69. The number of β-amino-alcohol motifs (C(OH)–C–C–N with tert-alkyl or cyclic N) is 1. The summed E-state index contributed by atoms with van der Waals surface area (Å²) in [6.07, 6.45) is 8.33. The zero-order valence-electron chi connectivity index (χ0n) is 13.0. The van der Waals surface area contributed by atoms with Crippen LogP contribution < -0.4 is 4.90 Å². The lowest BCUT2D eigenvalue weighted by molar-refractivity contribution is 0.153. The van der Waals surface area contributed by atoms with E-state index in [1.807, 2.05) is 28.6 Å². The SMILES string of the molecule is O[C@H]1CCCN(c2ncc(-c3cnccn3)c(-c3cccs3)n2)C1. The monoisotopic (exact) mass is 339 g/mol. The molecule has 0 bridgehead atoms. The van der Waals surface area contributed by atoms with Crippen molar-refractivity contribution in [3.63, 3.8) is 0 Å². The average Bonchev–Trinajstić information content (AvgIpc) is 3.16. The highest BCUT2D eigenvalue weighted by atomic mass is 32.1. The Morgan fingerprint density at radius 1 is 1.21 bits per heavy atom. The van der Waals surface area contributed by atoms with Gasteiger partial charge >= 0.3 is 0 Å². The van der Waals surface area contributed by atoms with Crippen molar-refractivity contribution in [1.82, 2.24) is 19.9 Å². The fourth-order valence-electron chi connectivity index (χ4n) is 2.89. The van der Waals surface area contributed by atoms with Gasteiger partial charge in [0, 0.05) is 37.2 Å². The third-order valence-corrected chi connectivity index (χ3v) is 4.93. The number of anilines is 1. The van der Waals surface area contributed by atoms with Crippen LogP contribution in [0.1, 0.15) is 12.8 Å². The van der Waals surface area contributed by atoms with Gasteiger partial charge in [0.05, 0.1) is 28.6 Å². The fourth-order valence-corrected chi connectivity index (χ4v) is 3.62. The number of hydrogen-bond acceptors (Lipinski definition) is 7. The molecule has 0 aromatic carbocycles. The van der Waals surface area contributed by atoms with Crippen LogP contribution in [0.3, 0.4) is 0 Å². The summed E-state index contributed by atoms with van der Waals surface area (Å²) in [6, 6.07) is 4.05. The molecule has 0 radical (unpaired) electrons. The number of aliphatic hydroxyl groups excluding tert-OH is 1. The van der Waals surface area contributed by atoms with Gasteiger partial charge in [-0.2, -0.15) is 0 Å². The van der Waals surface area contributed by atoms with Gasteiger partial charge in [-0.1, -0.05) is 6.07 Å². The van der Waals surface area contributed by atoms with Crippen LogP contribution in [0.25, 0.3) is 21.8 Å². The van der Waals surface area contributed by atoms with Crippen LogP contribution in [0.4, 0.5) is 5.95 Å². The zero-order valence-corrected chi connectivity index (χ0v) is 13.9. The highest BCUT2D eigenvalue weighted by molar-refractivity contribution is 7.13.